The van der Waals surface area contributed by atoms with Gasteiger partial charge in [-0.15, -0.1) is 0 Å². The zero-order chi connectivity index (χ0) is 11.7. The average Bonchev–Trinajstić information content (AvgIpc) is 2.82. The standard InChI is InChI=1S/C13H17N3S/c1-14-13-15-12-10(6-5-7-11(12)17-13)16-8-3-2-4-9-16/h5-7H,2-4,8-9H2,1H3,(H,14,15). The van der Waals surface area contributed by atoms with Crippen LogP contribution in [0.15, 0.2) is 18.2 Å². The molecule has 1 saturated heterocycles. The highest BCUT2D eigenvalue weighted by atomic mass is 32.1. The van der Waals surface area contributed by atoms with E-state index in [0.29, 0.717) is 0 Å². The molecule has 3 nitrogen and oxygen atoms in total. The minimum atomic E-state index is 1.00. The lowest BCUT2D eigenvalue weighted by atomic mass is 10.1. The van der Waals surface area contributed by atoms with Gasteiger partial charge in [0.2, 0.25) is 0 Å². The Labute approximate surface area is 105 Å². The molecule has 1 fully saturated rings. The Morgan fingerprint density at radius 1 is 1.24 bits per heavy atom. The number of piperidine rings is 1. The molecule has 0 amide bonds. The summed E-state index contributed by atoms with van der Waals surface area (Å²) in [4.78, 5) is 7.15. The Bertz CT molecular complexity index is 514. The fourth-order valence-corrected chi connectivity index (χ4v) is 3.27. The highest BCUT2D eigenvalue weighted by molar-refractivity contribution is 7.22. The molecule has 1 aromatic heterocycles. The van der Waals surface area contributed by atoms with Crippen molar-refractivity contribution in [2.45, 2.75) is 19.3 Å². The molecule has 3 rings (SSSR count). The fourth-order valence-electron chi connectivity index (χ4n) is 2.43. The molecule has 0 spiro atoms. The largest absolute Gasteiger partial charge is 0.370 e. The van der Waals surface area contributed by atoms with Gasteiger partial charge < -0.3 is 10.2 Å². The maximum atomic E-state index is 4.67. The summed E-state index contributed by atoms with van der Waals surface area (Å²) in [7, 11) is 1.93. The second-order valence-electron chi connectivity index (χ2n) is 4.44. The average molecular weight is 247 g/mol. The zero-order valence-corrected chi connectivity index (χ0v) is 10.9. The van der Waals surface area contributed by atoms with E-state index in [4.69, 9.17) is 0 Å². The Kier molecular flexibility index (Phi) is 2.89. The van der Waals surface area contributed by atoms with Crippen molar-refractivity contribution in [2.24, 2.45) is 0 Å². The highest BCUT2D eigenvalue weighted by Crippen LogP contribution is 2.33. The molecule has 0 radical (unpaired) electrons. The number of nitrogens with zero attached hydrogens (tertiary/aromatic N) is 2. The van der Waals surface area contributed by atoms with Crippen molar-refractivity contribution < 1.29 is 0 Å². The molecule has 4 heteroatoms. The molecule has 1 aliphatic heterocycles. The summed E-state index contributed by atoms with van der Waals surface area (Å²) in [5.74, 6) is 0. The molecular formula is C13H17N3S. The molecule has 0 saturated carbocycles. The van der Waals surface area contributed by atoms with Crippen molar-refractivity contribution in [3.8, 4) is 0 Å². The summed E-state index contributed by atoms with van der Waals surface area (Å²) >= 11 is 1.73. The zero-order valence-electron chi connectivity index (χ0n) is 10.1. The van der Waals surface area contributed by atoms with E-state index in [2.05, 4.69) is 33.4 Å². The number of aromatic nitrogens is 1. The van der Waals surface area contributed by atoms with Gasteiger partial charge in [-0.2, -0.15) is 0 Å². The Hall–Kier alpha value is -1.29. The maximum absolute atomic E-state index is 4.67. The van der Waals surface area contributed by atoms with Gasteiger partial charge in [0.05, 0.1) is 10.4 Å². The predicted molar refractivity (Wildman–Crippen MR) is 75.2 cm³/mol. The third kappa shape index (κ3) is 1.97. The van der Waals surface area contributed by atoms with E-state index in [-0.39, 0.29) is 0 Å². The first-order valence-corrected chi connectivity index (χ1v) is 7.02. The van der Waals surface area contributed by atoms with E-state index in [1.165, 1.54) is 42.7 Å². The summed E-state index contributed by atoms with van der Waals surface area (Å²) in [6.07, 6.45) is 3.98. The maximum Gasteiger partial charge on any atom is 0.183 e. The molecule has 1 N–H and O–H groups in total. The summed E-state index contributed by atoms with van der Waals surface area (Å²) in [5, 5.41) is 4.14. The lowest BCUT2D eigenvalue weighted by Crippen LogP contribution is -2.29. The molecule has 0 unspecified atom stereocenters. The van der Waals surface area contributed by atoms with Crippen molar-refractivity contribution >= 4 is 32.4 Å². The Morgan fingerprint density at radius 2 is 2.06 bits per heavy atom. The smallest absolute Gasteiger partial charge is 0.183 e. The first-order chi connectivity index (χ1) is 8.38. The summed E-state index contributed by atoms with van der Waals surface area (Å²) in [5.41, 5.74) is 2.46. The first-order valence-electron chi connectivity index (χ1n) is 6.21. The van der Waals surface area contributed by atoms with Gasteiger partial charge in [-0.3, -0.25) is 0 Å². The van der Waals surface area contributed by atoms with E-state index in [1.807, 2.05) is 7.05 Å². The molecule has 2 aromatic rings. The van der Waals surface area contributed by atoms with Crippen molar-refractivity contribution in [2.75, 3.05) is 30.4 Å². The van der Waals surface area contributed by atoms with Crippen molar-refractivity contribution in [1.82, 2.24) is 4.98 Å². The second kappa shape index (κ2) is 4.53. The number of nitrogens with one attached hydrogen (secondary N) is 1. The molecule has 17 heavy (non-hydrogen) atoms. The highest BCUT2D eigenvalue weighted by Gasteiger charge is 2.15. The predicted octanol–water partition coefficient (Wildman–Crippen LogP) is 3.33. The van der Waals surface area contributed by atoms with Crippen LogP contribution in [0.2, 0.25) is 0 Å². The van der Waals surface area contributed by atoms with Crippen LogP contribution < -0.4 is 10.2 Å². The number of anilines is 2. The van der Waals surface area contributed by atoms with Crippen molar-refractivity contribution in [1.29, 1.82) is 0 Å². The normalized spacial score (nSPS) is 16.4. The number of hydrogen-bond donors (Lipinski definition) is 1. The number of para-hydroxylation sites is 1. The molecule has 1 aliphatic rings. The lowest BCUT2D eigenvalue weighted by Gasteiger charge is -2.28. The van der Waals surface area contributed by atoms with Crippen LogP contribution in [0.3, 0.4) is 0 Å². The SMILES string of the molecule is CNc1nc2c(N3CCCCC3)cccc2s1. The fraction of sp³-hybridized carbons (Fsp3) is 0.462. The monoisotopic (exact) mass is 247 g/mol. The van der Waals surface area contributed by atoms with E-state index < -0.39 is 0 Å². The quantitative estimate of drug-likeness (QED) is 0.882. The van der Waals surface area contributed by atoms with Crippen LogP contribution in [0, 0.1) is 0 Å². The third-order valence-corrected chi connectivity index (χ3v) is 4.35. The van der Waals surface area contributed by atoms with Gasteiger partial charge in [-0.1, -0.05) is 17.4 Å². The van der Waals surface area contributed by atoms with E-state index in [1.54, 1.807) is 11.3 Å². The van der Waals surface area contributed by atoms with Crippen LogP contribution in [0.4, 0.5) is 10.8 Å². The van der Waals surface area contributed by atoms with Crippen LogP contribution in [0.25, 0.3) is 10.2 Å². The molecule has 1 aromatic carbocycles. The minimum absolute atomic E-state index is 1.00. The number of benzene rings is 1. The van der Waals surface area contributed by atoms with E-state index in [9.17, 15) is 0 Å². The minimum Gasteiger partial charge on any atom is -0.370 e. The van der Waals surface area contributed by atoms with E-state index in [0.717, 1.165) is 10.6 Å². The molecule has 2 heterocycles. The molecule has 90 valence electrons. The van der Waals surface area contributed by atoms with Gasteiger partial charge in [-0.05, 0) is 31.4 Å². The third-order valence-electron chi connectivity index (χ3n) is 3.31. The van der Waals surface area contributed by atoms with Crippen LogP contribution in [0.5, 0.6) is 0 Å². The number of fused-ring (bicyclic) bond motifs is 1. The van der Waals surface area contributed by atoms with Crippen LogP contribution in [-0.2, 0) is 0 Å². The van der Waals surface area contributed by atoms with Crippen LogP contribution in [0.1, 0.15) is 19.3 Å². The van der Waals surface area contributed by atoms with Gasteiger partial charge in [-0.25, -0.2) is 4.98 Å². The summed E-state index contributed by atoms with van der Waals surface area (Å²) in [6, 6.07) is 6.50. The Morgan fingerprint density at radius 3 is 2.82 bits per heavy atom. The Balaban J connectivity index is 2.05. The van der Waals surface area contributed by atoms with Gasteiger partial charge >= 0.3 is 0 Å². The van der Waals surface area contributed by atoms with Crippen LogP contribution in [-0.4, -0.2) is 25.1 Å². The lowest BCUT2D eigenvalue weighted by molar-refractivity contribution is 0.579. The molecular weight excluding hydrogens is 230 g/mol. The summed E-state index contributed by atoms with van der Waals surface area (Å²) in [6.45, 7) is 2.34. The number of rotatable bonds is 2. The van der Waals surface area contributed by atoms with Crippen molar-refractivity contribution in [3.05, 3.63) is 18.2 Å². The van der Waals surface area contributed by atoms with Gasteiger partial charge in [0.25, 0.3) is 0 Å². The first kappa shape index (κ1) is 10.8. The van der Waals surface area contributed by atoms with Gasteiger partial charge in [0.1, 0.15) is 5.52 Å². The topological polar surface area (TPSA) is 28.2 Å². The van der Waals surface area contributed by atoms with Crippen LogP contribution >= 0.6 is 11.3 Å². The second-order valence-corrected chi connectivity index (χ2v) is 5.47. The van der Waals surface area contributed by atoms with E-state index >= 15 is 0 Å². The number of hydrogen-bond acceptors (Lipinski definition) is 4. The number of thiazole rings is 1. The van der Waals surface area contributed by atoms with Crippen molar-refractivity contribution in [3.63, 3.8) is 0 Å². The molecule has 0 bridgehead atoms. The molecule has 0 atom stereocenters. The molecule has 0 aliphatic carbocycles. The van der Waals surface area contributed by atoms with Gasteiger partial charge in [0, 0.05) is 20.1 Å². The summed E-state index contributed by atoms with van der Waals surface area (Å²) < 4.78 is 1.28. The van der Waals surface area contributed by atoms with Gasteiger partial charge in [0.15, 0.2) is 5.13 Å².